The van der Waals surface area contributed by atoms with Crippen LogP contribution in [-0.4, -0.2) is 34.4 Å². The van der Waals surface area contributed by atoms with Crippen LogP contribution in [0.4, 0.5) is 0 Å². The summed E-state index contributed by atoms with van der Waals surface area (Å²) in [5.74, 6) is -0.152. The van der Waals surface area contributed by atoms with Gasteiger partial charge in [0.25, 0.3) is 5.91 Å². The number of nitrogens with zero attached hydrogens (tertiary/aromatic N) is 1. The Hall–Kier alpha value is -2.89. The zero-order valence-corrected chi connectivity index (χ0v) is 10.9. The average Bonchev–Trinajstić information content (AvgIpc) is 2.48. The molecule has 0 bridgehead atoms. The fraction of sp³-hybridized carbons (Fsp3) is 0.0714. The fourth-order valence-electron chi connectivity index (χ4n) is 1.30. The highest BCUT2D eigenvalue weighted by Crippen LogP contribution is 2.20. The van der Waals surface area contributed by atoms with Crippen molar-refractivity contribution in [1.29, 1.82) is 5.41 Å². The number of amides is 1. The van der Waals surface area contributed by atoms with Crippen LogP contribution < -0.4 is 5.32 Å². The summed E-state index contributed by atoms with van der Waals surface area (Å²) in [5.41, 5.74) is 1.04. The molecule has 1 heterocycles. The smallest absolute Gasteiger partial charge is 0.251 e. The second-order valence-electron chi connectivity index (χ2n) is 3.70. The number of rotatable bonds is 2. The molecule has 0 saturated carbocycles. The highest BCUT2D eigenvalue weighted by Gasteiger charge is 1.98. The summed E-state index contributed by atoms with van der Waals surface area (Å²) < 4.78 is 0. The van der Waals surface area contributed by atoms with Crippen molar-refractivity contribution in [3.63, 3.8) is 0 Å². The fourth-order valence-corrected chi connectivity index (χ4v) is 1.30. The first-order valence-electron chi connectivity index (χ1n) is 5.73. The Morgan fingerprint density at radius 3 is 2.40 bits per heavy atom. The van der Waals surface area contributed by atoms with Crippen molar-refractivity contribution in [2.75, 3.05) is 7.05 Å². The topological polar surface area (TPSA) is 106 Å². The van der Waals surface area contributed by atoms with Crippen molar-refractivity contribution < 1.29 is 15.0 Å². The van der Waals surface area contributed by atoms with Crippen molar-refractivity contribution >= 4 is 12.1 Å². The maximum absolute atomic E-state index is 10.9. The molecule has 0 unspecified atom stereocenters. The molecular formula is C14H15N3O3. The number of hydrogen-bond acceptors (Lipinski definition) is 5. The van der Waals surface area contributed by atoms with E-state index < -0.39 is 0 Å². The Bertz CT molecular complexity index is 585. The lowest BCUT2D eigenvalue weighted by Crippen LogP contribution is -2.17. The highest BCUT2D eigenvalue weighted by molar-refractivity contribution is 5.93. The van der Waals surface area contributed by atoms with Crippen LogP contribution >= 0.6 is 0 Å². The molecule has 0 fully saturated rings. The molecule has 0 aliphatic rings. The second kappa shape index (κ2) is 7.52. The van der Waals surface area contributed by atoms with Gasteiger partial charge in [-0.25, -0.2) is 0 Å². The molecule has 0 aliphatic heterocycles. The maximum atomic E-state index is 10.9. The van der Waals surface area contributed by atoms with Gasteiger partial charge < -0.3 is 20.9 Å². The molecule has 2 aromatic rings. The second-order valence-corrected chi connectivity index (χ2v) is 3.70. The summed E-state index contributed by atoms with van der Waals surface area (Å²) in [5, 5.41) is 27.1. The monoisotopic (exact) mass is 273 g/mol. The van der Waals surface area contributed by atoms with Crippen LogP contribution in [-0.2, 0) is 0 Å². The molecular weight excluding hydrogens is 258 g/mol. The van der Waals surface area contributed by atoms with Crippen LogP contribution in [0, 0.1) is 5.41 Å². The summed E-state index contributed by atoms with van der Waals surface area (Å²) in [6, 6.07) is 7.41. The van der Waals surface area contributed by atoms with Gasteiger partial charge in [-0.2, -0.15) is 0 Å². The van der Waals surface area contributed by atoms with E-state index in [9.17, 15) is 4.79 Å². The molecule has 1 aromatic carbocycles. The van der Waals surface area contributed by atoms with Crippen LogP contribution in [0.1, 0.15) is 15.9 Å². The Balaban J connectivity index is 0.000000200. The summed E-state index contributed by atoms with van der Waals surface area (Å²) in [7, 11) is 1.60. The largest absolute Gasteiger partial charge is 0.508 e. The molecule has 0 saturated heterocycles. The quantitative estimate of drug-likeness (QED) is 0.622. The molecule has 0 aliphatic carbocycles. The molecule has 1 aromatic heterocycles. The van der Waals surface area contributed by atoms with Gasteiger partial charge in [-0.3, -0.25) is 9.78 Å². The minimum atomic E-state index is -0.0811. The molecule has 20 heavy (non-hydrogen) atoms. The minimum Gasteiger partial charge on any atom is -0.508 e. The third-order valence-electron chi connectivity index (χ3n) is 2.34. The van der Waals surface area contributed by atoms with Gasteiger partial charge in [0.15, 0.2) is 0 Å². The summed E-state index contributed by atoms with van der Waals surface area (Å²) in [4.78, 5) is 14.7. The van der Waals surface area contributed by atoms with Crippen LogP contribution in [0.3, 0.4) is 0 Å². The molecule has 0 atom stereocenters. The van der Waals surface area contributed by atoms with E-state index in [-0.39, 0.29) is 17.4 Å². The van der Waals surface area contributed by atoms with E-state index in [4.69, 9.17) is 15.6 Å². The Kier molecular flexibility index (Phi) is 5.71. The van der Waals surface area contributed by atoms with Gasteiger partial charge in [-0.15, -0.1) is 0 Å². The number of benzene rings is 1. The molecule has 0 spiro atoms. The van der Waals surface area contributed by atoms with Crippen molar-refractivity contribution in [3.05, 3.63) is 53.9 Å². The highest BCUT2D eigenvalue weighted by atomic mass is 16.3. The predicted octanol–water partition coefficient (Wildman–Crippen LogP) is 1.54. The zero-order chi connectivity index (χ0) is 15.0. The number of phenols is 2. The van der Waals surface area contributed by atoms with Crippen molar-refractivity contribution in [2.45, 2.75) is 0 Å². The zero-order valence-electron chi connectivity index (χ0n) is 10.9. The first-order valence-corrected chi connectivity index (χ1v) is 5.73. The van der Waals surface area contributed by atoms with E-state index in [2.05, 4.69) is 10.3 Å². The van der Waals surface area contributed by atoms with E-state index >= 15 is 0 Å². The number of aromatic hydroxyl groups is 2. The van der Waals surface area contributed by atoms with Crippen molar-refractivity contribution in [3.8, 4) is 11.5 Å². The number of aromatic nitrogens is 1. The standard InChI is InChI=1S/C7H8N2O.C7H7NO2/c1-8-7(10)6-2-4-9-5-3-6;8-4-5-1-2-6(9)3-7(5)10/h2-5H,1H3,(H,8,10);1-4,8-10H. The van der Waals surface area contributed by atoms with E-state index in [0.717, 1.165) is 6.21 Å². The summed E-state index contributed by atoms with van der Waals surface area (Å²) in [6.07, 6.45) is 4.20. The normalized spacial score (nSPS) is 9.05. The molecule has 6 heteroatoms. The third kappa shape index (κ3) is 4.41. The maximum Gasteiger partial charge on any atom is 0.251 e. The lowest BCUT2D eigenvalue weighted by atomic mass is 10.2. The minimum absolute atomic E-state index is 0.00287. The summed E-state index contributed by atoms with van der Waals surface area (Å²) >= 11 is 0. The number of phenolic OH excluding ortho intramolecular Hbond substituents is 2. The van der Waals surface area contributed by atoms with Crippen LogP contribution in [0.5, 0.6) is 11.5 Å². The SMILES string of the molecule is CNC(=O)c1ccncc1.N=Cc1ccc(O)cc1O. The van der Waals surface area contributed by atoms with Crippen LogP contribution in [0.15, 0.2) is 42.7 Å². The van der Waals surface area contributed by atoms with E-state index in [1.165, 1.54) is 18.2 Å². The van der Waals surface area contributed by atoms with E-state index in [0.29, 0.717) is 11.1 Å². The van der Waals surface area contributed by atoms with Crippen molar-refractivity contribution in [2.24, 2.45) is 0 Å². The molecule has 2 rings (SSSR count). The predicted molar refractivity (Wildman–Crippen MR) is 75.3 cm³/mol. The molecule has 4 N–H and O–H groups in total. The van der Waals surface area contributed by atoms with Gasteiger partial charge in [-0.1, -0.05) is 0 Å². The molecule has 6 nitrogen and oxygen atoms in total. The third-order valence-corrected chi connectivity index (χ3v) is 2.34. The van der Waals surface area contributed by atoms with E-state index in [1.54, 1.807) is 31.6 Å². The lowest BCUT2D eigenvalue weighted by molar-refractivity contribution is 0.0963. The van der Waals surface area contributed by atoms with E-state index in [1.807, 2.05) is 0 Å². The Labute approximate surface area is 116 Å². The Morgan fingerprint density at radius 2 is 1.90 bits per heavy atom. The first kappa shape index (κ1) is 15.2. The molecule has 104 valence electrons. The Morgan fingerprint density at radius 1 is 1.25 bits per heavy atom. The number of hydrogen-bond donors (Lipinski definition) is 4. The van der Waals surface area contributed by atoms with Gasteiger partial charge >= 0.3 is 0 Å². The van der Waals surface area contributed by atoms with Crippen LogP contribution in [0.2, 0.25) is 0 Å². The number of carbonyl (C=O) groups excluding carboxylic acids is 1. The number of nitrogens with one attached hydrogen (secondary N) is 2. The average molecular weight is 273 g/mol. The molecule has 1 amide bonds. The molecule has 0 radical (unpaired) electrons. The lowest BCUT2D eigenvalue weighted by Gasteiger charge is -1.96. The number of pyridine rings is 1. The van der Waals surface area contributed by atoms with Gasteiger partial charge in [0, 0.05) is 42.8 Å². The van der Waals surface area contributed by atoms with Crippen molar-refractivity contribution in [1.82, 2.24) is 10.3 Å². The van der Waals surface area contributed by atoms with Gasteiger partial charge in [0.2, 0.25) is 0 Å². The van der Waals surface area contributed by atoms with Gasteiger partial charge in [-0.05, 0) is 24.3 Å². The first-order chi connectivity index (χ1) is 9.58. The van der Waals surface area contributed by atoms with Crippen LogP contribution in [0.25, 0.3) is 0 Å². The number of carbonyl (C=O) groups is 1. The van der Waals surface area contributed by atoms with Gasteiger partial charge in [0.1, 0.15) is 11.5 Å². The summed E-state index contributed by atoms with van der Waals surface area (Å²) in [6.45, 7) is 0. The van der Waals surface area contributed by atoms with Gasteiger partial charge in [0.05, 0.1) is 0 Å².